The van der Waals surface area contributed by atoms with Gasteiger partial charge in [-0.05, 0) is 41.5 Å². The third kappa shape index (κ3) is 2.72. The van der Waals surface area contributed by atoms with Crippen LogP contribution in [0.25, 0.3) is 5.69 Å². The summed E-state index contributed by atoms with van der Waals surface area (Å²) in [6, 6.07) is 5.54. The quantitative estimate of drug-likeness (QED) is 0.850. The second-order valence-electron chi connectivity index (χ2n) is 4.56. The number of aromatic nitrogens is 4. The Bertz CT molecular complexity index is 647. The van der Waals surface area contributed by atoms with Gasteiger partial charge in [0.15, 0.2) is 0 Å². The van der Waals surface area contributed by atoms with E-state index in [1.54, 1.807) is 13.0 Å². The molecule has 0 radical (unpaired) electrons. The molecule has 108 valence electrons. The molecule has 0 saturated heterocycles. The van der Waals surface area contributed by atoms with Gasteiger partial charge < -0.3 is 9.84 Å². The smallest absolute Gasteiger partial charge is 0.368 e. The van der Waals surface area contributed by atoms with Crippen LogP contribution < -0.4 is 10.4 Å². The molecule has 0 unspecified atom stereocenters. The van der Waals surface area contributed by atoms with E-state index in [0.29, 0.717) is 11.4 Å². The number of hydrogen-bond donors (Lipinski definition) is 1. The summed E-state index contributed by atoms with van der Waals surface area (Å²) in [5, 5.41) is 16.6. The maximum atomic E-state index is 12.0. The first-order chi connectivity index (χ1) is 9.56. The molecular formula is C13H18N4O3. The number of aryl methyl sites for hydroxylation is 2. The van der Waals surface area contributed by atoms with Gasteiger partial charge in [-0.1, -0.05) is 13.0 Å². The maximum absolute atomic E-state index is 12.0. The highest BCUT2D eigenvalue weighted by Crippen LogP contribution is 2.24. The minimum atomic E-state index is -0.367. The van der Waals surface area contributed by atoms with Gasteiger partial charge in [0, 0.05) is 7.05 Å². The van der Waals surface area contributed by atoms with Gasteiger partial charge in [-0.25, -0.2) is 4.79 Å². The third-order valence-corrected chi connectivity index (χ3v) is 2.97. The van der Waals surface area contributed by atoms with Crippen LogP contribution in [0.5, 0.6) is 5.75 Å². The van der Waals surface area contributed by atoms with Gasteiger partial charge in [-0.2, -0.15) is 9.36 Å². The van der Waals surface area contributed by atoms with Gasteiger partial charge in [-0.15, -0.1) is 0 Å². The molecule has 0 aliphatic rings. The van der Waals surface area contributed by atoms with Crippen LogP contribution in [0.3, 0.4) is 0 Å². The van der Waals surface area contributed by atoms with Gasteiger partial charge >= 0.3 is 5.69 Å². The molecule has 0 aliphatic carbocycles. The largest absolute Gasteiger partial charge is 0.486 e. The van der Waals surface area contributed by atoms with E-state index in [0.717, 1.165) is 16.7 Å². The molecule has 1 atom stereocenters. The van der Waals surface area contributed by atoms with Crippen molar-refractivity contribution < 1.29 is 9.84 Å². The second-order valence-corrected chi connectivity index (χ2v) is 4.56. The second kappa shape index (κ2) is 5.87. The first kappa shape index (κ1) is 14.3. The van der Waals surface area contributed by atoms with Crippen LogP contribution in [0.4, 0.5) is 0 Å². The number of benzene rings is 1. The average Bonchev–Trinajstić information content (AvgIpc) is 2.79. The zero-order valence-electron chi connectivity index (χ0n) is 11.8. The fourth-order valence-electron chi connectivity index (χ4n) is 1.77. The predicted octanol–water partition coefficient (Wildman–Crippen LogP) is 0.288. The molecule has 2 rings (SSSR count). The number of nitrogens with zero attached hydrogens (tertiary/aromatic N) is 4. The molecular weight excluding hydrogens is 260 g/mol. The van der Waals surface area contributed by atoms with E-state index < -0.39 is 0 Å². The molecule has 0 saturated carbocycles. The van der Waals surface area contributed by atoms with Crippen molar-refractivity contribution in [1.29, 1.82) is 0 Å². The van der Waals surface area contributed by atoms with Crippen molar-refractivity contribution >= 4 is 0 Å². The Morgan fingerprint density at radius 1 is 1.40 bits per heavy atom. The van der Waals surface area contributed by atoms with Crippen molar-refractivity contribution in [2.45, 2.75) is 26.4 Å². The predicted molar refractivity (Wildman–Crippen MR) is 73.2 cm³/mol. The minimum absolute atomic E-state index is 0.107. The van der Waals surface area contributed by atoms with Crippen molar-refractivity contribution in [3.8, 4) is 11.4 Å². The Morgan fingerprint density at radius 2 is 2.15 bits per heavy atom. The fraction of sp³-hybridized carbons (Fsp3) is 0.462. The van der Waals surface area contributed by atoms with Crippen LogP contribution in [0.1, 0.15) is 19.4 Å². The Labute approximate surface area is 116 Å². The van der Waals surface area contributed by atoms with E-state index in [-0.39, 0.29) is 18.4 Å². The van der Waals surface area contributed by atoms with Gasteiger partial charge in [0.25, 0.3) is 0 Å². The van der Waals surface area contributed by atoms with E-state index in [1.807, 2.05) is 19.1 Å². The summed E-state index contributed by atoms with van der Waals surface area (Å²) in [4.78, 5) is 12.0. The molecule has 1 aromatic heterocycles. The lowest BCUT2D eigenvalue weighted by atomic mass is 10.1. The summed E-state index contributed by atoms with van der Waals surface area (Å²) in [6.45, 7) is 3.66. The van der Waals surface area contributed by atoms with E-state index in [1.165, 1.54) is 11.7 Å². The highest BCUT2D eigenvalue weighted by molar-refractivity contribution is 5.48. The lowest BCUT2D eigenvalue weighted by molar-refractivity contribution is 0.129. The maximum Gasteiger partial charge on any atom is 0.368 e. The molecule has 1 aromatic carbocycles. The number of tetrazole rings is 1. The molecule has 0 amide bonds. The average molecular weight is 278 g/mol. The highest BCUT2D eigenvalue weighted by Gasteiger charge is 2.14. The van der Waals surface area contributed by atoms with Crippen LogP contribution in [-0.4, -0.2) is 37.6 Å². The minimum Gasteiger partial charge on any atom is -0.486 e. The van der Waals surface area contributed by atoms with Crippen LogP contribution in [0.2, 0.25) is 0 Å². The molecule has 2 aromatic rings. The normalized spacial score (nSPS) is 12.4. The van der Waals surface area contributed by atoms with Crippen molar-refractivity contribution in [2.24, 2.45) is 7.05 Å². The van der Waals surface area contributed by atoms with Crippen molar-refractivity contribution in [3.63, 3.8) is 0 Å². The summed E-state index contributed by atoms with van der Waals surface area (Å²) in [5.41, 5.74) is 1.24. The number of aliphatic hydroxyl groups is 1. The molecule has 0 spiro atoms. The molecule has 7 nitrogen and oxygen atoms in total. The fourth-order valence-corrected chi connectivity index (χ4v) is 1.77. The molecule has 0 aliphatic heterocycles. The molecule has 7 heteroatoms. The Hall–Kier alpha value is -2.15. The van der Waals surface area contributed by atoms with Gasteiger partial charge in [0.2, 0.25) is 0 Å². The SMILES string of the molecule is CCc1ccc(O[C@@H](C)CO)c(-n2nnn(C)c2=O)c1. The monoisotopic (exact) mass is 278 g/mol. The number of hydrogen-bond acceptors (Lipinski definition) is 5. The van der Waals surface area contributed by atoms with Crippen LogP contribution in [-0.2, 0) is 13.5 Å². The summed E-state index contributed by atoms with van der Waals surface area (Å²) in [7, 11) is 1.53. The van der Waals surface area contributed by atoms with Crippen LogP contribution >= 0.6 is 0 Å². The zero-order valence-corrected chi connectivity index (χ0v) is 11.8. The van der Waals surface area contributed by atoms with E-state index in [9.17, 15) is 4.79 Å². The Balaban J connectivity index is 2.53. The summed E-state index contributed by atoms with van der Waals surface area (Å²) >= 11 is 0. The number of ether oxygens (including phenoxy) is 1. The molecule has 20 heavy (non-hydrogen) atoms. The molecule has 1 heterocycles. The van der Waals surface area contributed by atoms with E-state index >= 15 is 0 Å². The third-order valence-electron chi connectivity index (χ3n) is 2.97. The Kier molecular flexibility index (Phi) is 4.19. The lowest BCUT2D eigenvalue weighted by Crippen LogP contribution is -2.24. The summed E-state index contributed by atoms with van der Waals surface area (Å²) in [5.74, 6) is 0.492. The van der Waals surface area contributed by atoms with Crippen molar-refractivity contribution in [2.75, 3.05) is 6.61 Å². The summed E-state index contributed by atoms with van der Waals surface area (Å²) < 4.78 is 7.97. The Morgan fingerprint density at radius 3 is 2.70 bits per heavy atom. The molecule has 0 bridgehead atoms. The zero-order chi connectivity index (χ0) is 14.7. The van der Waals surface area contributed by atoms with E-state index in [2.05, 4.69) is 10.4 Å². The first-order valence-electron chi connectivity index (χ1n) is 6.46. The topological polar surface area (TPSA) is 82.2 Å². The standard InChI is InChI=1S/C13H18N4O3/c1-4-10-5-6-12(20-9(2)8-18)11(7-10)17-13(19)16(3)14-15-17/h5-7,9,18H,4,8H2,1-3H3/t9-/m0/s1. The van der Waals surface area contributed by atoms with Crippen LogP contribution in [0.15, 0.2) is 23.0 Å². The molecule has 1 N–H and O–H groups in total. The highest BCUT2D eigenvalue weighted by atomic mass is 16.5. The van der Waals surface area contributed by atoms with Gasteiger partial charge in [0.1, 0.15) is 17.5 Å². The van der Waals surface area contributed by atoms with Crippen LogP contribution in [0, 0.1) is 0 Å². The number of aliphatic hydroxyl groups excluding tert-OH is 1. The lowest BCUT2D eigenvalue weighted by Gasteiger charge is -2.15. The molecule has 0 fully saturated rings. The first-order valence-corrected chi connectivity index (χ1v) is 6.46. The van der Waals surface area contributed by atoms with E-state index in [4.69, 9.17) is 9.84 Å². The van der Waals surface area contributed by atoms with Gasteiger partial charge in [-0.3, -0.25) is 0 Å². The summed E-state index contributed by atoms with van der Waals surface area (Å²) in [6.07, 6.45) is 0.464. The number of rotatable bonds is 5. The van der Waals surface area contributed by atoms with Crippen molar-refractivity contribution in [1.82, 2.24) is 19.8 Å². The van der Waals surface area contributed by atoms with Crippen molar-refractivity contribution in [3.05, 3.63) is 34.2 Å². The van der Waals surface area contributed by atoms with Gasteiger partial charge in [0.05, 0.1) is 6.61 Å².